The summed E-state index contributed by atoms with van der Waals surface area (Å²) in [4.78, 5) is 20.2. The predicted molar refractivity (Wildman–Crippen MR) is 86.8 cm³/mol. The number of halogens is 1. The van der Waals surface area contributed by atoms with E-state index in [2.05, 4.69) is 26.5 Å². The van der Waals surface area contributed by atoms with Crippen molar-refractivity contribution >= 4 is 39.2 Å². The first-order valence-corrected chi connectivity index (χ1v) is 6.88. The van der Waals surface area contributed by atoms with Crippen molar-refractivity contribution in [1.29, 1.82) is 0 Å². The monoisotopic (exact) mass is 380 g/mol. The maximum Gasteiger partial charge on any atom is 0.301 e. The van der Waals surface area contributed by atoms with Gasteiger partial charge in [-0.2, -0.15) is 5.10 Å². The minimum absolute atomic E-state index is 0.00802. The van der Waals surface area contributed by atoms with Crippen molar-refractivity contribution < 1.29 is 15.0 Å². The van der Waals surface area contributed by atoms with Gasteiger partial charge in [-0.05, 0) is 24.3 Å². The fourth-order valence-corrected chi connectivity index (χ4v) is 2.06. The molecule has 0 unspecified atom stereocenters. The van der Waals surface area contributed by atoms with Crippen LogP contribution in [0.15, 0.2) is 46.0 Å². The molecule has 0 aliphatic rings. The van der Waals surface area contributed by atoms with E-state index in [-0.39, 0.29) is 11.4 Å². The Hall–Kier alpha value is -3.01. The van der Waals surface area contributed by atoms with Crippen LogP contribution in [-0.2, 0) is 0 Å². The highest BCUT2D eigenvalue weighted by Gasteiger charge is 2.19. The van der Waals surface area contributed by atoms with Gasteiger partial charge in [0.15, 0.2) is 0 Å². The molecular formula is C13H9BrN4O5. The Kier molecular flexibility index (Phi) is 4.86. The number of hydrogen-bond acceptors (Lipinski definition) is 7. The molecular weight excluding hydrogens is 372 g/mol. The SMILES string of the molecule is O=[N+]([O-])c1ccc(N/N=C/c2cc(Br)ccc2O)c([N+](=O)[O-])c1. The first kappa shape index (κ1) is 16.4. The number of aromatic hydroxyl groups is 1. The number of non-ortho nitro benzene ring substituents is 1. The molecule has 0 fully saturated rings. The van der Waals surface area contributed by atoms with E-state index in [4.69, 9.17) is 0 Å². The van der Waals surface area contributed by atoms with Crippen LogP contribution >= 0.6 is 15.9 Å². The topological polar surface area (TPSA) is 131 Å². The van der Waals surface area contributed by atoms with Gasteiger partial charge in [0.25, 0.3) is 5.69 Å². The smallest absolute Gasteiger partial charge is 0.301 e. The molecule has 0 amide bonds. The summed E-state index contributed by atoms with van der Waals surface area (Å²) in [5, 5.41) is 35.1. The van der Waals surface area contributed by atoms with E-state index in [1.165, 1.54) is 18.3 Å². The van der Waals surface area contributed by atoms with Crippen LogP contribution in [0.25, 0.3) is 0 Å². The molecule has 0 aromatic heterocycles. The van der Waals surface area contributed by atoms with Crippen LogP contribution in [0.2, 0.25) is 0 Å². The van der Waals surface area contributed by atoms with Crippen molar-refractivity contribution in [3.8, 4) is 5.75 Å². The first-order chi connectivity index (χ1) is 10.9. The number of nitrogens with zero attached hydrogens (tertiary/aromatic N) is 3. The highest BCUT2D eigenvalue weighted by Crippen LogP contribution is 2.29. The van der Waals surface area contributed by atoms with Crippen LogP contribution in [0.1, 0.15) is 5.56 Å². The molecule has 0 atom stereocenters. The largest absolute Gasteiger partial charge is 0.507 e. The van der Waals surface area contributed by atoms with E-state index in [0.717, 1.165) is 16.6 Å². The summed E-state index contributed by atoms with van der Waals surface area (Å²) in [5.41, 5.74) is 1.94. The van der Waals surface area contributed by atoms with Crippen LogP contribution in [0.4, 0.5) is 17.1 Å². The highest BCUT2D eigenvalue weighted by atomic mass is 79.9. The van der Waals surface area contributed by atoms with Gasteiger partial charge in [-0.1, -0.05) is 15.9 Å². The maximum atomic E-state index is 11.0. The van der Waals surface area contributed by atoms with E-state index < -0.39 is 21.2 Å². The molecule has 0 saturated heterocycles. The van der Waals surface area contributed by atoms with Crippen molar-refractivity contribution in [2.24, 2.45) is 5.10 Å². The number of phenolic OH excluding ortho intramolecular Hbond substituents is 1. The number of nitrogens with one attached hydrogen (secondary N) is 1. The fourth-order valence-electron chi connectivity index (χ4n) is 1.68. The summed E-state index contributed by atoms with van der Waals surface area (Å²) in [6, 6.07) is 7.86. The van der Waals surface area contributed by atoms with E-state index in [1.807, 2.05) is 0 Å². The third-order valence-electron chi connectivity index (χ3n) is 2.77. The third-order valence-corrected chi connectivity index (χ3v) is 3.26. The van der Waals surface area contributed by atoms with E-state index in [1.54, 1.807) is 12.1 Å². The zero-order valence-corrected chi connectivity index (χ0v) is 12.9. The Morgan fingerprint density at radius 2 is 1.87 bits per heavy atom. The molecule has 2 aromatic rings. The Labute approximate surface area is 137 Å². The first-order valence-electron chi connectivity index (χ1n) is 6.09. The average Bonchev–Trinajstić information content (AvgIpc) is 2.50. The summed E-state index contributed by atoms with van der Waals surface area (Å²) < 4.78 is 0.720. The van der Waals surface area contributed by atoms with Gasteiger partial charge in [0, 0.05) is 16.1 Å². The molecule has 2 aromatic carbocycles. The number of rotatable bonds is 5. The second-order valence-corrected chi connectivity index (χ2v) is 5.20. The molecule has 0 radical (unpaired) electrons. The molecule has 0 heterocycles. The number of nitro benzene ring substituents is 2. The lowest BCUT2D eigenvalue weighted by Crippen LogP contribution is -1.98. The Morgan fingerprint density at radius 1 is 1.13 bits per heavy atom. The number of hydrazone groups is 1. The average molecular weight is 381 g/mol. The third kappa shape index (κ3) is 4.01. The van der Waals surface area contributed by atoms with Crippen LogP contribution < -0.4 is 5.43 Å². The zero-order chi connectivity index (χ0) is 17.0. The van der Waals surface area contributed by atoms with Gasteiger partial charge in [-0.25, -0.2) is 0 Å². The molecule has 23 heavy (non-hydrogen) atoms. The Balaban J connectivity index is 2.26. The van der Waals surface area contributed by atoms with Crippen molar-refractivity contribution in [2.75, 3.05) is 5.43 Å². The molecule has 0 aliphatic heterocycles. The van der Waals surface area contributed by atoms with Crippen LogP contribution in [-0.4, -0.2) is 21.2 Å². The van der Waals surface area contributed by atoms with Gasteiger partial charge in [0.1, 0.15) is 11.4 Å². The quantitative estimate of drug-likeness (QED) is 0.464. The molecule has 2 rings (SSSR count). The van der Waals surface area contributed by atoms with Crippen molar-refractivity contribution in [1.82, 2.24) is 0 Å². The van der Waals surface area contributed by atoms with Gasteiger partial charge in [0.05, 0.1) is 22.1 Å². The fraction of sp³-hybridized carbons (Fsp3) is 0. The molecule has 118 valence electrons. The molecule has 9 nitrogen and oxygen atoms in total. The minimum atomic E-state index is -0.749. The lowest BCUT2D eigenvalue weighted by atomic mass is 10.2. The van der Waals surface area contributed by atoms with E-state index in [0.29, 0.717) is 5.56 Å². The molecule has 2 N–H and O–H groups in total. The summed E-state index contributed by atoms with van der Waals surface area (Å²) in [6.45, 7) is 0. The zero-order valence-electron chi connectivity index (χ0n) is 11.3. The normalized spacial score (nSPS) is 10.7. The van der Waals surface area contributed by atoms with Gasteiger partial charge >= 0.3 is 5.69 Å². The van der Waals surface area contributed by atoms with Crippen LogP contribution in [0.3, 0.4) is 0 Å². The summed E-state index contributed by atoms with van der Waals surface area (Å²) in [7, 11) is 0. The summed E-state index contributed by atoms with van der Waals surface area (Å²) >= 11 is 3.24. The van der Waals surface area contributed by atoms with Crippen LogP contribution in [0, 0.1) is 20.2 Å². The molecule has 0 spiro atoms. The minimum Gasteiger partial charge on any atom is -0.507 e. The van der Waals surface area contributed by atoms with Crippen molar-refractivity contribution in [3.05, 3.63) is 66.7 Å². The number of hydrogen-bond donors (Lipinski definition) is 2. The van der Waals surface area contributed by atoms with Gasteiger partial charge in [-0.3, -0.25) is 25.7 Å². The van der Waals surface area contributed by atoms with Crippen molar-refractivity contribution in [2.45, 2.75) is 0 Å². The lowest BCUT2D eigenvalue weighted by molar-refractivity contribution is -0.393. The van der Waals surface area contributed by atoms with Gasteiger partial charge in [-0.15, -0.1) is 0 Å². The number of benzene rings is 2. The summed E-state index contributed by atoms with van der Waals surface area (Å²) in [6.07, 6.45) is 1.27. The Bertz CT molecular complexity index is 809. The molecule has 10 heteroatoms. The standard InChI is InChI=1S/C13H9BrN4O5/c14-9-1-4-13(19)8(5-9)7-15-16-11-3-2-10(17(20)21)6-12(11)18(22)23/h1-7,16,19H/b15-7+. The van der Waals surface area contributed by atoms with Gasteiger partial charge in [0.2, 0.25) is 0 Å². The summed E-state index contributed by atoms with van der Waals surface area (Å²) in [5.74, 6) is -0.0167. The molecule has 0 saturated carbocycles. The van der Waals surface area contributed by atoms with Crippen molar-refractivity contribution in [3.63, 3.8) is 0 Å². The second kappa shape index (κ2) is 6.83. The number of nitro groups is 2. The van der Waals surface area contributed by atoms with Gasteiger partial charge < -0.3 is 5.11 Å². The molecule has 0 bridgehead atoms. The van der Waals surface area contributed by atoms with E-state index in [9.17, 15) is 25.3 Å². The van der Waals surface area contributed by atoms with E-state index >= 15 is 0 Å². The molecule has 0 aliphatic carbocycles. The number of anilines is 1. The Morgan fingerprint density at radius 3 is 2.52 bits per heavy atom. The van der Waals surface area contributed by atoms with Crippen LogP contribution in [0.5, 0.6) is 5.75 Å². The maximum absolute atomic E-state index is 11.0. The predicted octanol–water partition coefficient (Wildman–Crippen LogP) is 3.42. The second-order valence-electron chi connectivity index (χ2n) is 4.29. The lowest BCUT2D eigenvalue weighted by Gasteiger charge is -2.03. The highest BCUT2D eigenvalue weighted by molar-refractivity contribution is 9.10. The number of phenols is 1.